The standard InChI is InChI=1S/C25H29N3O4/c1-3-31-21-12-8-7-11-19(21)23-22(24(29)32-4-2)20(26-25(30)27-23)16-28-14-13-17-9-5-6-10-18(17)15-28/h5-12,23H,3-4,13-16H2,1-2H3,(H2,26,27,30). The molecule has 1 atom stereocenters. The van der Waals surface area contributed by atoms with Gasteiger partial charge in [0.15, 0.2) is 0 Å². The molecule has 0 aliphatic carbocycles. The van der Waals surface area contributed by atoms with Crippen molar-refractivity contribution in [3.05, 3.63) is 76.5 Å². The van der Waals surface area contributed by atoms with Gasteiger partial charge in [-0.1, -0.05) is 42.5 Å². The van der Waals surface area contributed by atoms with Gasteiger partial charge in [-0.05, 0) is 37.5 Å². The molecule has 4 rings (SSSR count). The van der Waals surface area contributed by atoms with Gasteiger partial charge in [-0.15, -0.1) is 0 Å². The minimum atomic E-state index is -0.655. The van der Waals surface area contributed by atoms with Crippen LogP contribution in [-0.4, -0.2) is 43.2 Å². The average molecular weight is 436 g/mol. The molecule has 2 aliphatic rings. The highest BCUT2D eigenvalue weighted by Crippen LogP contribution is 2.34. The molecule has 1 unspecified atom stereocenters. The maximum absolute atomic E-state index is 13.1. The van der Waals surface area contributed by atoms with Crippen LogP contribution in [0.15, 0.2) is 59.8 Å². The van der Waals surface area contributed by atoms with Crippen LogP contribution in [0.4, 0.5) is 4.79 Å². The number of amides is 2. The Kier molecular flexibility index (Phi) is 6.75. The van der Waals surface area contributed by atoms with Gasteiger partial charge in [0, 0.05) is 30.9 Å². The van der Waals surface area contributed by atoms with Crippen molar-refractivity contribution >= 4 is 12.0 Å². The van der Waals surface area contributed by atoms with Crippen molar-refractivity contribution in [3.8, 4) is 5.75 Å². The summed E-state index contributed by atoms with van der Waals surface area (Å²) in [4.78, 5) is 27.9. The number of esters is 1. The smallest absolute Gasteiger partial charge is 0.338 e. The topological polar surface area (TPSA) is 79.9 Å². The summed E-state index contributed by atoms with van der Waals surface area (Å²) in [6.07, 6.45) is 0.932. The van der Waals surface area contributed by atoms with E-state index >= 15 is 0 Å². The Balaban J connectivity index is 1.70. The van der Waals surface area contributed by atoms with Crippen molar-refractivity contribution < 1.29 is 19.1 Å². The Bertz CT molecular complexity index is 1030. The van der Waals surface area contributed by atoms with Crippen LogP contribution >= 0.6 is 0 Å². The molecule has 0 aromatic heterocycles. The summed E-state index contributed by atoms with van der Waals surface area (Å²) >= 11 is 0. The third-order valence-corrected chi connectivity index (χ3v) is 5.77. The predicted octanol–water partition coefficient (Wildman–Crippen LogP) is 3.31. The molecule has 2 aromatic rings. The Morgan fingerprint density at radius 1 is 1.06 bits per heavy atom. The SMILES string of the molecule is CCOC(=O)C1=C(CN2CCc3ccccc3C2)NC(=O)NC1c1ccccc1OCC. The second-order valence-corrected chi connectivity index (χ2v) is 7.84. The third kappa shape index (κ3) is 4.62. The van der Waals surface area contributed by atoms with Gasteiger partial charge in [0.2, 0.25) is 0 Å². The molecule has 7 nitrogen and oxygen atoms in total. The summed E-state index contributed by atoms with van der Waals surface area (Å²) in [5.41, 5.74) is 4.34. The number of benzene rings is 2. The van der Waals surface area contributed by atoms with Crippen molar-refractivity contribution in [2.75, 3.05) is 26.3 Å². The lowest BCUT2D eigenvalue weighted by molar-refractivity contribution is -0.139. The number of nitrogens with zero attached hydrogens (tertiary/aromatic N) is 1. The Morgan fingerprint density at radius 2 is 1.81 bits per heavy atom. The zero-order valence-corrected chi connectivity index (χ0v) is 18.5. The Labute approximate surface area is 188 Å². The number of hydrogen-bond acceptors (Lipinski definition) is 5. The lowest BCUT2D eigenvalue weighted by atomic mass is 9.93. The average Bonchev–Trinajstić information content (AvgIpc) is 2.79. The fourth-order valence-electron chi connectivity index (χ4n) is 4.34. The van der Waals surface area contributed by atoms with Gasteiger partial charge in [0.1, 0.15) is 5.75 Å². The minimum Gasteiger partial charge on any atom is -0.494 e. The van der Waals surface area contributed by atoms with Crippen LogP contribution in [0.3, 0.4) is 0 Å². The fraction of sp³-hybridized carbons (Fsp3) is 0.360. The number of ether oxygens (including phenoxy) is 2. The molecular formula is C25H29N3O4. The summed E-state index contributed by atoms with van der Waals surface area (Å²) < 4.78 is 11.2. The van der Waals surface area contributed by atoms with Gasteiger partial charge in [0.25, 0.3) is 0 Å². The Hall–Kier alpha value is -3.32. The number of carbonyl (C=O) groups is 2. The van der Waals surface area contributed by atoms with E-state index in [1.807, 2.05) is 37.3 Å². The number of nitrogens with one attached hydrogen (secondary N) is 2. The number of para-hydroxylation sites is 1. The van der Waals surface area contributed by atoms with Gasteiger partial charge in [0.05, 0.1) is 24.8 Å². The van der Waals surface area contributed by atoms with Crippen molar-refractivity contribution in [1.29, 1.82) is 0 Å². The second kappa shape index (κ2) is 9.87. The first-order valence-corrected chi connectivity index (χ1v) is 11.1. The van der Waals surface area contributed by atoms with E-state index in [2.05, 4.69) is 33.7 Å². The van der Waals surface area contributed by atoms with E-state index in [0.717, 1.165) is 25.1 Å². The molecule has 2 heterocycles. The summed E-state index contributed by atoms with van der Waals surface area (Å²) in [6.45, 7) is 6.47. The van der Waals surface area contributed by atoms with E-state index in [9.17, 15) is 9.59 Å². The first-order chi connectivity index (χ1) is 15.6. The molecule has 0 fully saturated rings. The second-order valence-electron chi connectivity index (χ2n) is 7.84. The van der Waals surface area contributed by atoms with Crippen molar-refractivity contribution in [3.63, 3.8) is 0 Å². The van der Waals surface area contributed by atoms with Gasteiger partial charge in [-0.2, -0.15) is 0 Å². The minimum absolute atomic E-state index is 0.250. The van der Waals surface area contributed by atoms with Gasteiger partial charge in [-0.25, -0.2) is 9.59 Å². The molecule has 0 saturated carbocycles. The van der Waals surface area contributed by atoms with Crippen molar-refractivity contribution in [2.45, 2.75) is 32.9 Å². The van der Waals surface area contributed by atoms with Crippen LogP contribution in [0.1, 0.15) is 36.6 Å². The summed E-state index contributed by atoms with van der Waals surface area (Å²) in [5, 5.41) is 5.77. The number of hydrogen-bond donors (Lipinski definition) is 2. The highest BCUT2D eigenvalue weighted by Gasteiger charge is 2.36. The van der Waals surface area contributed by atoms with Gasteiger partial charge < -0.3 is 20.1 Å². The molecule has 32 heavy (non-hydrogen) atoms. The normalized spacial score (nSPS) is 18.4. The quantitative estimate of drug-likeness (QED) is 0.653. The Morgan fingerprint density at radius 3 is 2.59 bits per heavy atom. The van der Waals surface area contributed by atoms with Crippen molar-refractivity contribution in [1.82, 2.24) is 15.5 Å². The van der Waals surface area contributed by atoms with Gasteiger partial charge >= 0.3 is 12.0 Å². The van der Waals surface area contributed by atoms with Crippen LogP contribution in [0.2, 0.25) is 0 Å². The highest BCUT2D eigenvalue weighted by molar-refractivity contribution is 5.95. The third-order valence-electron chi connectivity index (χ3n) is 5.77. The molecule has 0 spiro atoms. The maximum Gasteiger partial charge on any atom is 0.338 e. The number of fused-ring (bicyclic) bond motifs is 1. The van der Waals surface area contributed by atoms with Crippen molar-refractivity contribution in [2.24, 2.45) is 0 Å². The molecule has 2 aliphatic heterocycles. The lowest BCUT2D eigenvalue weighted by Crippen LogP contribution is -2.49. The van der Waals surface area contributed by atoms with E-state index in [0.29, 0.717) is 30.2 Å². The predicted molar refractivity (Wildman–Crippen MR) is 121 cm³/mol. The zero-order valence-electron chi connectivity index (χ0n) is 18.5. The zero-order chi connectivity index (χ0) is 22.5. The molecule has 2 amide bonds. The van der Waals surface area contributed by atoms with E-state index in [-0.39, 0.29) is 12.6 Å². The molecule has 0 saturated heterocycles. The maximum atomic E-state index is 13.1. The van der Waals surface area contributed by atoms with E-state index in [4.69, 9.17) is 9.47 Å². The summed E-state index contributed by atoms with van der Waals surface area (Å²) in [7, 11) is 0. The van der Waals surface area contributed by atoms with Crippen LogP contribution in [0.5, 0.6) is 5.75 Å². The van der Waals surface area contributed by atoms with Crippen LogP contribution in [-0.2, 0) is 22.5 Å². The van der Waals surface area contributed by atoms with E-state index in [1.165, 1.54) is 11.1 Å². The molecule has 0 bridgehead atoms. The monoisotopic (exact) mass is 435 g/mol. The summed E-state index contributed by atoms with van der Waals surface area (Å²) in [6, 6.07) is 14.8. The highest BCUT2D eigenvalue weighted by atomic mass is 16.5. The first kappa shape index (κ1) is 21.9. The van der Waals surface area contributed by atoms with Crippen LogP contribution in [0, 0.1) is 0 Å². The molecule has 7 heteroatoms. The molecule has 2 aromatic carbocycles. The molecule has 168 valence electrons. The number of urea groups is 1. The molecule has 0 radical (unpaired) electrons. The van der Waals surface area contributed by atoms with E-state index in [1.54, 1.807) is 6.92 Å². The molecular weight excluding hydrogens is 406 g/mol. The largest absolute Gasteiger partial charge is 0.494 e. The first-order valence-electron chi connectivity index (χ1n) is 11.1. The number of carbonyl (C=O) groups excluding carboxylic acids is 2. The lowest BCUT2D eigenvalue weighted by Gasteiger charge is -2.34. The van der Waals surface area contributed by atoms with E-state index < -0.39 is 12.0 Å². The van der Waals surface area contributed by atoms with Crippen LogP contribution < -0.4 is 15.4 Å². The summed E-state index contributed by atoms with van der Waals surface area (Å²) in [5.74, 6) is 0.193. The van der Waals surface area contributed by atoms with Gasteiger partial charge in [-0.3, -0.25) is 4.90 Å². The van der Waals surface area contributed by atoms with Crippen LogP contribution in [0.25, 0.3) is 0 Å². The molecule has 2 N–H and O–H groups in total. The number of rotatable bonds is 7. The fourth-order valence-corrected chi connectivity index (χ4v) is 4.34.